The Hall–Kier alpha value is -4.73. The minimum atomic E-state index is -2.69. The lowest BCUT2D eigenvalue weighted by atomic mass is 9.97. The average molecular weight is 502 g/mol. The standard InChI is InChI=1S/C27H18F4N6/c28-26(29)36-15-21(12-32-36)17-3-7-19(8-4-17)23-2-1-11-35-25(23)24(14-34-35)20-9-5-18(6-10-20)22-13-33-37(16-22)27(30)31/h1-16,26-27H. The summed E-state index contributed by atoms with van der Waals surface area (Å²) >= 11 is 0. The van der Waals surface area contributed by atoms with Gasteiger partial charge in [0.2, 0.25) is 0 Å². The molecule has 6 rings (SSSR count). The molecule has 0 aliphatic carbocycles. The van der Waals surface area contributed by atoms with Crippen LogP contribution < -0.4 is 0 Å². The van der Waals surface area contributed by atoms with E-state index in [0.29, 0.717) is 20.5 Å². The molecule has 0 aliphatic rings. The monoisotopic (exact) mass is 502 g/mol. The van der Waals surface area contributed by atoms with E-state index in [1.54, 1.807) is 10.7 Å². The molecule has 0 saturated heterocycles. The number of halogens is 4. The highest BCUT2D eigenvalue weighted by atomic mass is 19.3. The van der Waals surface area contributed by atoms with E-state index in [0.717, 1.165) is 38.9 Å². The van der Waals surface area contributed by atoms with Crippen LogP contribution in [0.2, 0.25) is 0 Å². The molecule has 0 unspecified atom stereocenters. The summed E-state index contributed by atoms with van der Waals surface area (Å²) in [5.41, 5.74) is 7.39. The van der Waals surface area contributed by atoms with Crippen molar-refractivity contribution in [2.24, 2.45) is 0 Å². The van der Waals surface area contributed by atoms with Crippen LogP contribution in [0, 0.1) is 0 Å². The third kappa shape index (κ3) is 4.16. The number of nitrogens with zero attached hydrogens (tertiary/aromatic N) is 6. The van der Waals surface area contributed by atoms with Crippen molar-refractivity contribution in [3.63, 3.8) is 0 Å². The van der Waals surface area contributed by atoms with Crippen molar-refractivity contribution in [2.75, 3.05) is 0 Å². The van der Waals surface area contributed by atoms with Crippen molar-refractivity contribution in [2.45, 2.75) is 13.1 Å². The number of benzene rings is 2. The Morgan fingerprint density at radius 1 is 0.514 bits per heavy atom. The minimum Gasteiger partial charge on any atom is -0.240 e. The van der Waals surface area contributed by atoms with Crippen LogP contribution in [0.5, 0.6) is 0 Å². The number of hydrogen-bond acceptors (Lipinski definition) is 3. The van der Waals surface area contributed by atoms with Gasteiger partial charge in [0.05, 0.1) is 24.1 Å². The fourth-order valence-electron chi connectivity index (χ4n) is 4.36. The van der Waals surface area contributed by atoms with Gasteiger partial charge in [-0.05, 0) is 28.3 Å². The Labute approximate surface area is 208 Å². The SMILES string of the molecule is FC(F)n1cc(-c2ccc(-c3cccn4ncc(-c5ccc(-c6cnn(C(F)F)c6)cc5)c34)cc2)cn1. The normalized spacial score (nSPS) is 11.7. The number of aromatic nitrogens is 6. The van der Waals surface area contributed by atoms with Crippen molar-refractivity contribution in [3.05, 3.63) is 97.8 Å². The van der Waals surface area contributed by atoms with Gasteiger partial charge in [-0.1, -0.05) is 54.6 Å². The van der Waals surface area contributed by atoms with E-state index in [1.807, 2.05) is 66.9 Å². The predicted octanol–water partition coefficient (Wildman–Crippen LogP) is 7.19. The Morgan fingerprint density at radius 3 is 1.49 bits per heavy atom. The van der Waals surface area contributed by atoms with Gasteiger partial charge in [-0.25, -0.2) is 13.9 Å². The maximum Gasteiger partial charge on any atom is 0.333 e. The molecule has 0 radical (unpaired) electrons. The largest absolute Gasteiger partial charge is 0.333 e. The highest BCUT2D eigenvalue weighted by Crippen LogP contribution is 2.35. The summed E-state index contributed by atoms with van der Waals surface area (Å²) in [6.45, 7) is -5.37. The van der Waals surface area contributed by atoms with Gasteiger partial charge in [-0.3, -0.25) is 0 Å². The number of pyridine rings is 1. The first kappa shape index (κ1) is 22.7. The van der Waals surface area contributed by atoms with Gasteiger partial charge in [0, 0.05) is 40.8 Å². The van der Waals surface area contributed by atoms with Crippen LogP contribution in [-0.4, -0.2) is 29.2 Å². The molecule has 0 aliphatic heterocycles. The van der Waals surface area contributed by atoms with Crippen LogP contribution in [0.15, 0.2) is 97.8 Å². The molecule has 10 heteroatoms. The molecule has 37 heavy (non-hydrogen) atoms. The Morgan fingerprint density at radius 2 is 1.00 bits per heavy atom. The van der Waals surface area contributed by atoms with E-state index >= 15 is 0 Å². The molecule has 6 aromatic rings. The zero-order chi connectivity index (χ0) is 25.5. The van der Waals surface area contributed by atoms with Crippen molar-refractivity contribution < 1.29 is 17.6 Å². The molecule has 4 aromatic heterocycles. The average Bonchev–Trinajstić information content (AvgIpc) is 3.68. The summed E-state index contributed by atoms with van der Waals surface area (Å²) in [4.78, 5) is 0. The van der Waals surface area contributed by atoms with Crippen molar-refractivity contribution in [1.82, 2.24) is 29.2 Å². The van der Waals surface area contributed by atoms with Crippen LogP contribution in [0.25, 0.3) is 50.0 Å². The molecule has 0 bridgehead atoms. The maximum absolute atomic E-state index is 12.9. The van der Waals surface area contributed by atoms with Crippen molar-refractivity contribution >= 4 is 5.52 Å². The van der Waals surface area contributed by atoms with Crippen molar-refractivity contribution in [3.8, 4) is 44.5 Å². The molecule has 4 heterocycles. The van der Waals surface area contributed by atoms with Crippen LogP contribution in [-0.2, 0) is 0 Å². The first-order valence-corrected chi connectivity index (χ1v) is 11.3. The maximum atomic E-state index is 12.9. The molecule has 0 spiro atoms. The topological polar surface area (TPSA) is 52.9 Å². The molecule has 0 fully saturated rings. The van der Waals surface area contributed by atoms with Gasteiger partial charge in [-0.2, -0.15) is 32.9 Å². The Bertz CT molecular complexity index is 1680. The quantitative estimate of drug-likeness (QED) is 0.227. The van der Waals surface area contributed by atoms with Crippen molar-refractivity contribution in [1.29, 1.82) is 0 Å². The van der Waals surface area contributed by atoms with Gasteiger partial charge in [0.15, 0.2) is 0 Å². The lowest BCUT2D eigenvalue weighted by Gasteiger charge is -2.09. The highest BCUT2D eigenvalue weighted by Gasteiger charge is 2.14. The van der Waals surface area contributed by atoms with Gasteiger partial charge in [0.1, 0.15) is 0 Å². The summed E-state index contributed by atoms with van der Waals surface area (Å²) in [5, 5.41) is 11.9. The van der Waals surface area contributed by atoms with E-state index < -0.39 is 13.1 Å². The second-order valence-corrected chi connectivity index (χ2v) is 8.40. The van der Waals surface area contributed by atoms with Crippen LogP contribution in [0.3, 0.4) is 0 Å². The fraction of sp³-hybridized carbons (Fsp3) is 0.0741. The first-order chi connectivity index (χ1) is 18.0. The molecule has 0 N–H and O–H groups in total. The predicted molar refractivity (Wildman–Crippen MR) is 131 cm³/mol. The van der Waals surface area contributed by atoms with E-state index in [9.17, 15) is 17.6 Å². The number of hydrogen-bond donors (Lipinski definition) is 0. The van der Waals surface area contributed by atoms with Crippen LogP contribution >= 0.6 is 0 Å². The number of alkyl halides is 4. The lowest BCUT2D eigenvalue weighted by molar-refractivity contribution is 0.0562. The van der Waals surface area contributed by atoms with E-state index in [-0.39, 0.29) is 0 Å². The summed E-state index contributed by atoms with van der Waals surface area (Å²) in [6.07, 6.45) is 9.11. The van der Waals surface area contributed by atoms with E-state index in [1.165, 1.54) is 24.8 Å². The van der Waals surface area contributed by atoms with Crippen LogP contribution in [0.4, 0.5) is 17.6 Å². The molecule has 2 aromatic carbocycles. The summed E-state index contributed by atoms with van der Waals surface area (Å²) in [5.74, 6) is 0. The molecule has 6 nitrogen and oxygen atoms in total. The zero-order valence-corrected chi connectivity index (χ0v) is 19.1. The van der Waals surface area contributed by atoms with Crippen LogP contribution in [0.1, 0.15) is 13.1 Å². The summed E-state index contributed by atoms with van der Waals surface area (Å²) in [6, 6.07) is 19.1. The molecule has 0 amide bonds. The third-order valence-electron chi connectivity index (χ3n) is 6.20. The molecule has 0 saturated carbocycles. The number of fused-ring (bicyclic) bond motifs is 1. The Kier molecular flexibility index (Phi) is 5.56. The zero-order valence-electron chi connectivity index (χ0n) is 19.1. The summed E-state index contributed by atoms with van der Waals surface area (Å²) < 4.78 is 54.5. The minimum absolute atomic E-state index is 0.603. The lowest BCUT2D eigenvalue weighted by Crippen LogP contribution is -1.96. The van der Waals surface area contributed by atoms with E-state index in [4.69, 9.17) is 0 Å². The molecule has 0 atom stereocenters. The smallest absolute Gasteiger partial charge is 0.240 e. The van der Waals surface area contributed by atoms with Gasteiger partial charge < -0.3 is 0 Å². The highest BCUT2D eigenvalue weighted by molar-refractivity contribution is 5.93. The number of rotatable bonds is 6. The Balaban J connectivity index is 1.34. The molecular weight excluding hydrogens is 484 g/mol. The molecular formula is C27H18F4N6. The second-order valence-electron chi connectivity index (χ2n) is 8.40. The van der Waals surface area contributed by atoms with Gasteiger partial charge >= 0.3 is 13.1 Å². The summed E-state index contributed by atoms with van der Waals surface area (Å²) in [7, 11) is 0. The van der Waals surface area contributed by atoms with E-state index in [2.05, 4.69) is 15.3 Å². The third-order valence-corrected chi connectivity index (χ3v) is 6.20. The van der Waals surface area contributed by atoms with Gasteiger partial charge in [0.25, 0.3) is 0 Å². The first-order valence-electron chi connectivity index (χ1n) is 11.3. The van der Waals surface area contributed by atoms with Gasteiger partial charge in [-0.15, -0.1) is 0 Å². The molecule has 184 valence electrons. The fourth-order valence-corrected chi connectivity index (χ4v) is 4.36. The second kappa shape index (κ2) is 9.05.